The van der Waals surface area contributed by atoms with Crippen molar-refractivity contribution in [3.8, 4) is 0 Å². The summed E-state index contributed by atoms with van der Waals surface area (Å²) in [5.41, 5.74) is 0.920. The van der Waals surface area contributed by atoms with Gasteiger partial charge in [-0.15, -0.1) is 0 Å². The summed E-state index contributed by atoms with van der Waals surface area (Å²) in [6, 6.07) is 5.47. The Bertz CT molecular complexity index is 484. The van der Waals surface area contributed by atoms with Crippen LogP contribution in [0.3, 0.4) is 0 Å². The van der Waals surface area contributed by atoms with Crippen LogP contribution in [0.25, 0.3) is 0 Å². The molecule has 7 nitrogen and oxygen atoms in total. The molecule has 0 heterocycles. The molecule has 0 saturated carbocycles. The first-order valence-electron chi connectivity index (χ1n) is 6.01. The molecule has 3 N–H and O–H groups in total. The first kappa shape index (κ1) is 15.6. The summed E-state index contributed by atoms with van der Waals surface area (Å²) < 4.78 is 4.75. The van der Waals surface area contributed by atoms with Crippen molar-refractivity contribution in [2.24, 2.45) is 0 Å². The second-order valence-corrected chi connectivity index (χ2v) is 3.84. The quantitative estimate of drug-likeness (QED) is 0.667. The smallest absolute Gasteiger partial charge is 0.338 e. The molecular formula is C13H16N2O5. The Kier molecular flexibility index (Phi) is 6.18. The molecule has 0 bridgehead atoms. The van der Waals surface area contributed by atoms with E-state index in [0.29, 0.717) is 12.1 Å². The van der Waals surface area contributed by atoms with Crippen molar-refractivity contribution in [1.82, 2.24) is 10.6 Å². The largest absolute Gasteiger partial charge is 0.452 e. The molecule has 3 amide bonds. The van der Waals surface area contributed by atoms with E-state index >= 15 is 0 Å². The molecule has 0 atom stereocenters. The third kappa shape index (κ3) is 5.07. The van der Waals surface area contributed by atoms with E-state index in [1.807, 2.05) is 5.32 Å². The Morgan fingerprint density at radius 3 is 2.40 bits per heavy atom. The molecule has 0 aromatic heterocycles. The molecule has 1 aromatic rings. The van der Waals surface area contributed by atoms with Crippen molar-refractivity contribution < 1.29 is 24.2 Å². The monoisotopic (exact) mass is 280 g/mol. The van der Waals surface area contributed by atoms with E-state index in [4.69, 9.17) is 9.84 Å². The zero-order valence-electron chi connectivity index (χ0n) is 11.0. The molecule has 0 saturated heterocycles. The third-order valence-corrected chi connectivity index (χ3v) is 2.30. The zero-order chi connectivity index (χ0) is 15.0. The Balaban J connectivity index is 2.42. The van der Waals surface area contributed by atoms with Crippen LogP contribution in [0.1, 0.15) is 22.8 Å². The Morgan fingerprint density at radius 1 is 1.20 bits per heavy atom. The summed E-state index contributed by atoms with van der Waals surface area (Å²) in [7, 11) is 0. The first-order valence-corrected chi connectivity index (χ1v) is 6.01. The summed E-state index contributed by atoms with van der Waals surface area (Å²) in [5, 5.41) is 13.2. The number of hydrogen-bond donors (Lipinski definition) is 3. The maximum absolute atomic E-state index is 11.6. The van der Waals surface area contributed by atoms with Crippen LogP contribution in [0.4, 0.5) is 4.79 Å². The summed E-state index contributed by atoms with van der Waals surface area (Å²) in [6.45, 7) is 1.43. The molecule has 0 aliphatic carbocycles. The second-order valence-electron chi connectivity index (χ2n) is 3.84. The van der Waals surface area contributed by atoms with Crippen molar-refractivity contribution in [3.05, 3.63) is 35.4 Å². The van der Waals surface area contributed by atoms with Gasteiger partial charge in [0.25, 0.3) is 5.91 Å². The number of aliphatic hydroxyl groups is 1. The highest BCUT2D eigenvalue weighted by molar-refractivity contribution is 5.96. The van der Waals surface area contributed by atoms with Gasteiger partial charge in [-0.25, -0.2) is 9.59 Å². The first-order chi connectivity index (χ1) is 9.56. The van der Waals surface area contributed by atoms with Gasteiger partial charge in [-0.2, -0.15) is 0 Å². The van der Waals surface area contributed by atoms with Crippen molar-refractivity contribution in [1.29, 1.82) is 0 Å². The number of amides is 3. The predicted molar refractivity (Wildman–Crippen MR) is 69.9 cm³/mol. The lowest BCUT2D eigenvalue weighted by Crippen LogP contribution is -2.41. The third-order valence-electron chi connectivity index (χ3n) is 2.30. The molecule has 108 valence electrons. The maximum Gasteiger partial charge on any atom is 0.338 e. The van der Waals surface area contributed by atoms with Gasteiger partial charge in [0.05, 0.1) is 12.2 Å². The predicted octanol–water partition coefficient (Wildman–Crippen LogP) is 0.181. The van der Waals surface area contributed by atoms with E-state index in [-0.39, 0.29) is 12.2 Å². The number of benzene rings is 1. The van der Waals surface area contributed by atoms with E-state index < -0.39 is 24.5 Å². The lowest BCUT2D eigenvalue weighted by Gasteiger charge is -2.06. The number of carbonyl (C=O) groups excluding carboxylic acids is 3. The molecular weight excluding hydrogens is 264 g/mol. The van der Waals surface area contributed by atoms with Crippen LogP contribution >= 0.6 is 0 Å². The van der Waals surface area contributed by atoms with Crippen LogP contribution in [0.15, 0.2) is 24.3 Å². The number of ether oxygens (including phenoxy) is 1. The van der Waals surface area contributed by atoms with Crippen LogP contribution in [0.2, 0.25) is 0 Å². The lowest BCUT2D eigenvalue weighted by molar-refractivity contribution is -0.123. The van der Waals surface area contributed by atoms with Crippen molar-refractivity contribution in [3.63, 3.8) is 0 Å². The fourth-order valence-electron chi connectivity index (χ4n) is 1.33. The van der Waals surface area contributed by atoms with Crippen molar-refractivity contribution in [2.75, 3.05) is 13.2 Å². The van der Waals surface area contributed by atoms with Crippen molar-refractivity contribution >= 4 is 17.9 Å². The van der Waals surface area contributed by atoms with Gasteiger partial charge in [0.15, 0.2) is 6.61 Å². The van der Waals surface area contributed by atoms with E-state index in [9.17, 15) is 14.4 Å². The highest BCUT2D eigenvalue weighted by Gasteiger charge is 2.11. The van der Waals surface area contributed by atoms with Crippen LogP contribution < -0.4 is 10.6 Å². The van der Waals surface area contributed by atoms with E-state index in [1.54, 1.807) is 19.1 Å². The summed E-state index contributed by atoms with van der Waals surface area (Å²) in [4.78, 5) is 33.9. The number of carbonyl (C=O) groups is 3. The van der Waals surface area contributed by atoms with E-state index in [2.05, 4.69) is 5.32 Å². The Morgan fingerprint density at radius 2 is 1.85 bits per heavy atom. The fourth-order valence-corrected chi connectivity index (χ4v) is 1.33. The number of rotatable bonds is 5. The Labute approximate surface area is 115 Å². The van der Waals surface area contributed by atoms with Gasteiger partial charge in [-0.3, -0.25) is 10.1 Å². The van der Waals surface area contributed by atoms with Gasteiger partial charge >= 0.3 is 12.0 Å². The number of urea groups is 1. The number of nitrogens with one attached hydrogen (secondary N) is 2. The topological polar surface area (TPSA) is 105 Å². The van der Waals surface area contributed by atoms with Gasteiger partial charge < -0.3 is 15.2 Å². The highest BCUT2D eigenvalue weighted by atomic mass is 16.5. The van der Waals surface area contributed by atoms with Gasteiger partial charge in [0, 0.05) is 6.54 Å². The molecule has 0 aliphatic heterocycles. The maximum atomic E-state index is 11.6. The van der Waals surface area contributed by atoms with E-state index in [0.717, 1.165) is 0 Å². The molecule has 0 radical (unpaired) electrons. The Hall–Kier alpha value is -2.41. The molecule has 20 heavy (non-hydrogen) atoms. The van der Waals surface area contributed by atoms with Gasteiger partial charge in [0.2, 0.25) is 0 Å². The molecule has 0 spiro atoms. The lowest BCUT2D eigenvalue weighted by atomic mass is 10.1. The SMILES string of the molecule is CCNC(=O)NC(=O)COC(=O)c1ccc(CO)cc1. The fraction of sp³-hybridized carbons (Fsp3) is 0.308. The average Bonchev–Trinajstić information content (AvgIpc) is 2.45. The molecule has 1 rings (SSSR count). The van der Waals surface area contributed by atoms with E-state index in [1.165, 1.54) is 12.1 Å². The molecule has 7 heteroatoms. The van der Waals surface area contributed by atoms with Gasteiger partial charge in [0.1, 0.15) is 0 Å². The van der Waals surface area contributed by atoms with Crippen molar-refractivity contribution in [2.45, 2.75) is 13.5 Å². The number of imide groups is 1. The second kappa shape index (κ2) is 7.90. The minimum Gasteiger partial charge on any atom is -0.452 e. The average molecular weight is 280 g/mol. The summed E-state index contributed by atoms with van der Waals surface area (Å²) in [5.74, 6) is -1.39. The highest BCUT2D eigenvalue weighted by Crippen LogP contribution is 2.05. The zero-order valence-corrected chi connectivity index (χ0v) is 11.0. The summed E-state index contributed by atoms with van der Waals surface area (Å²) >= 11 is 0. The van der Waals surface area contributed by atoms with Crippen LogP contribution in [0.5, 0.6) is 0 Å². The number of hydrogen-bond acceptors (Lipinski definition) is 5. The van der Waals surface area contributed by atoms with Crippen LogP contribution in [-0.4, -0.2) is 36.2 Å². The molecule has 0 unspecified atom stereocenters. The van der Waals surface area contributed by atoms with Crippen LogP contribution in [0, 0.1) is 0 Å². The molecule has 0 fully saturated rings. The molecule has 0 aliphatic rings. The minimum atomic E-state index is -0.712. The molecule has 1 aromatic carbocycles. The van der Waals surface area contributed by atoms with Crippen LogP contribution in [-0.2, 0) is 16.1 Å². The number of esters is 1. The van der Waals surface area contributed by atoms with Gasteiger partial charge in [-0.05, 0) is 24.6 Å². The summed E-state index contributed by atoms with van der Waals surface area (Å²) in [6.07, 6.45) is 0. The van der Waals surface area contributed by atoms with Gasteiger partial charge in [-0.1, -0.05) is 12.1 Å². The number of aliphatic hydroxyl groups excluding tert-OH is 1. The normalized spacial score (nSPS) is 9.70. The standard InChI is InChI=1S/C13H16N2O5/c1-2-14-13(19)15-11(17)8-20-12(18)10-5-3-9(7-16)4-6-10/h3-6,16H,2,7-8H2,1H3,(H2,14,15,17,19). The minimum absolute atomic E-state index is 0.121.